The van der Waals surface area contributed by atoms with Gasteiger partial charge in [0.05, 0.1) is 6.10 Å². The van der Waals surface area contributed by atoms with E-state index in [1.165, 1.54) is 11.3 Å². The summed E-state index contributed by atoms with van der Waals surface area (Å²) in [5.74, 6) is 0. The number of rotatable bonds is 5. The summed E-state index contributed by atoms with van der Waals surface area (Å²) in [4.78, 5) is 1.14. The maximum Gasteiger partial charge on any atom is 0.242 e. The van der Waals surface area contributed by atoms with Crippen LogP contribution in [0.15, 0.2) is 29.2 Å². The first kappa shape index (κ1) is 14.5. The van der Waals surface area contributed by atoms with Gasteiger partial charge in [0.25, 0.3) is 0 Å². The number of nitrogens with one attached hydrogen (secondary N) is 1. The standard InChI is InChI=1S/C13H17NO3S2/c1-9(15)7-8-14-19(16,17)13-10(2)18-12-6-4-3-5-11(12)13/h3-6,9,14-15H,7-8H2,1-2H3. The molecule has 0 radical (unpaired) electrons. The fourth-order valence-corrected chi connectivity index (χ4v) is 4.81. The van der Waals surface area contributed by atoms with Crippen LogP contribution in [-0.2, 0) is 10.0 Å². The van der Waals surface area contributed by atoms with E-state index in [9.17, 15) is 13.5 Å². The molecule has 1 atom stereocenters. The summed E-state index contributed by atoms with van der Waals surface area (Å²) < 4.78 is 28.2. The molecule has 0 saturated heterocycles. The summed E-state index contributed by atoms with van der Waals surface area (Å²) in [6.45, 7) is 3.69. The summed E-state index contributed by atoms with van der Waals surface area (Å²) in [7, 11) is -3.52. The molecule has 1 aromatic carbocycles. The molecule has 0 bridgehead atoms. The zero-order chi connectivity index (χ0) is 14.0. The maximum atomic E-state index is 12.3. The number of fused-ring (bicyclic) bond motifs is 1. The fourth-order valence-electron chi connectivity index (χ4n) is 1.95. The molecule has 0 amide bonds. The third kappa shape index (κ3) is 3.14. The van der Waals surface area contributed by atoms with Gasteiger partial charge in [-0.25, -0.2) is 13.1 Å². The summed E-state index contributed by atoms with van der Waals surface area (Å²) in [6.07, 6.45) is -0.108. The predicted octanol–water partition coefficient (Wildman–Crippen LogP) is 2.26. The summed E-state index contributed by atoms with van der Waals surface area (Å²) >= 11 is 1.48. The van der Waals surface area contributed by atoms with Crippen LogP contribution in [0.25, 0.3) is 10.1 Å². The van der Waals surface area contributed by atoms with Crippen LogP contribution in [-0.4, -0.2) is 26.2 Å². The molecule has 1 unspecified atom stereocenters. The molecule has 2 N–H and O–H groups in total. The monoisotopic (exact) mass is 299 g/mol. The second kappa shape index (κ2) is 5.58. The molecule has 0 aliphatic carbocycles. The highest BCUT2D eigenvalue weighted by atomic mass is 32.2. The van der Waals surface area contributed by atoms with E-state index in [1.54, 1.807) is 6.92 Å². The van der Waals surface area contributed by atoms with Crippen molar-refractivity contribution in [3.05, 3.63) is 29.1 Å². The molecule has 0 spiro atoms. The van der Waals surface area contributed by atoms with E-state index < -0.39 is 16.1 Å². The number of hydrogen-bond donors (Lipinski definition) is 2. The van der Waals surface area contributed by atoms with E-state index in [4.69, 9.17) is 0 Å². The second-order valence-corrected chi connectivity index (χ2v) is 7.48. The van der Waals surface area contributed by atoms with Crippen LogP contribution in [0.3, 0.4) is 0 Å². The first-order chi connectivity index (χ1) is 8.92. The van der Waals surface area contributed by atoms with E-state index in [-0.39, 0.29) is 6.54 Å². The lowest BCUT2D eigenvalue weighted by atomic mass is 10.2. The molecule has 1 aromatic heterocycles. The Bertz CT molecular complexity index is 674. The minimum absolute atomic E-state index is 0.240. The smallest absolute Gasteiger partial charge is 0.242 e. The minimum atomic E-state index is -3.52. The Labute approximate surface area is 117 Å². The van der Waals surface area contributed by atoms with Gasteiger partial charge in [-0.1, -0.05) is 18.2 Å². The normalized spacial score (nSPS) is 13.8. The Morgan fingerprint density at radius 2 is 2.05 bits per heavy atom. The van der Waals surface area contributed by atoms with Crippen molar-refractivity contribution in [3.63, 3.8) is 0 Å². The zero-order valence-corrected chi connectivity index (χ0v) is 12.5. The topological polar surface area (TPSA) is 66.4 Å². The van der Waals surface area contributed by atoms with E-state index in [1.807, 2.05) is 31.2 Å². The average molecular weight is 299 g/mol. The number of aliphatic hydroxyl groups is 1. The van der Waals surface area contributed by atoms with Gasteiger partial charge in [-0.2, -0.15) is 0 Å². The fraction of sp³-hybridized carbons (Fsp3) is 0.385. The number of hydrogen-bond acceptors (Lipinski definition) is 4. The highest BCUT2D eigenvalue weighted by Crippen LogP contribution is 2.33. The molecule has 104 valence electrons. The van der Waals surface area contributed by atoms with Gasteiger partial charge in [-0.05, 0) is 26.3 Å². The van der Waals surface area contributed by atoms with Gasteiger partial charge in [0.15, 0.2) is 0 Å². The average Bonchev–Trinajstić information content (AvgIpc) is 2.64. The van der Waals surface area contributed by atoms with Crippen LogP contribution in [0, 0.1) is 6.92 Å². The van der Waals surface area contributed by atoms with Crippen molar-refractivity contribution in [1.29, 1.82) is 0 Å². The summed E-state index contributed by atoms with van der Waals surface area (Å²) in [5, 5.41) is 9.93. The minimum Gasteiger partial charge on any atom is -0.393 e. The summed E-state index contributed by atoms with van der Waals surface area (Å²) in [6, 6.07) is 7.47. The lowest BCUT2D eigenvalue weighted by Gasteiger charge is -2.08. The quantitative estimate of drug-likeness (QED) is 0.890. The Morgan fingerprint density at radius 1 is 1.37 bits per heavy atom. The molecule has 0 fully saturated rings. The predicted molar refractivity (Wildman–Crippen MR) is 78.0 cm³/mol. The molecule has 0 aliphatic heterocycles. The van der Waals surface area contributed by atoms with Gasteiger partial charge in [0.1, 0.15) is 4.90 Å². The van der Waals surface area contributed by atoms with Crippen molar-refractivity contribution in [1.82, 2.24) is 4.72 Å². The second-order valence-electron chi connectivity index (χ2n) is 4.52. The number of aliphatic hydroxyl groups excluding tert-OH is 1. The van der Waals surface area contributed by atoms with Crippen LogP contribution in [0.1, 0.15) is 18.2 Å². The van der Waals surface area contributed by atoms with E-state index in [0.29, 0.717) is 11.3 Å². The lowest BCUT2D eigenvalue weighted by Crippen LogP contribution is -2.27. The van der Waals surface area contributed by atoms with Crippen LogP contribution in [0.5, 0.6) is 0 Å². The Morgan fingerprint density at radius 3 is 2.74 bits per heavy atom. The zero-order valence-electron chi connectivity index (χ0n) is 10.9. The molecule has 1 heterocycles. The van der Waals surface area contributed by atoms with Crippen molar-refractivity contribution in [3.8, 4) is 0 Å². The largest absolute Gasteiger partial charge is 0.393 e. The molecule has 19 heavy (non-hydrogen) atoms. The van der Waals surface area contributed by atoms with Crippen molar-refractivity contribution in [2.75, 3.05) is 6.54 Å². The van der Waals surface area contributed by atoms with Crippen LogP contribution < -0.4 is 4.72 Å². The van der Waals surface area contributed by atoms with Gasteiger partial charge in [0, 0.05) is 21.5 Å². The lowest BCUT2D eigenvalue weighted by molar-refractivity contribution is 0.186. The van der Waals surface area contributed by atoms with Crippen molar-refractivity contribution in [2.45, 2.75) is 31.3 Å². The highest BCUT2D eigenvalue weighted by Gasteiger charge is 2.21. The summed E-state index contributed by atoms with van der Waals surface area (Å²) in [5.41, 5.74) is 0. The van der Waals surface area contributed by atoms with Crippen molar-refractivity contribution >= 4 is 31.4 Å². The van der Waals surface area contributed by atoms with Gasteiger partial charge in [0.2, 0.25) is 10.0 Å². The maximum absolute atomic E-state index is 12.3. The van der Waals surface area contributed by atoms with Crippen molar-refractivity contribution < 1.29 is 13.5 Å². The third-order valence-electron chi connectivity index (χ3n) is 2.84. The number of thiophene rings is 1. The SMILES string of the molecule is Cc1sc2ccccc2c1S(=O)(=O)NCCC(C)O. The first-order valence-corrected chi connectivity index (χ1v) is 8.37. The molecular formula is C13H17NO3S2. The Hall–Kier alpha value is -0.950. The first-order valence-electron chi connectivity index (χ1n) is 6.07. The third-order valence-corrected chi connectivity index (χ3v) is 5.70. The molecule has 2 aromatic rings. The van der Waals surface area contributed by atoms with Gasteiger partial charge < -0.3 is 5.11 Å². The van der Waals surface area contributed by atoms with E-state index >= 15 is 0 Å². The van der Waals surface area contributed by atoms with Crippen LogP contribution >= 0.6 is 11.3 Å². The van der Waals surface area contributed by atoms with Gasteiger partial charge in [-0.3, -0.25) is 0 Å². The number of sulfonamides is 1. The van der Waals surface area contributed by atoms with E-state index in [0.717, 1.165) is 15.0 Å². The Kier molecular flexibility index (Phi) is 4.25. The van der Waals surface area contributed by atoms with Gasteiger partial charge >= 0.3 is 0 Å². The molecule has 0 saturated carbocycles. The van der Waals surface area contributed by atoms with Crippen LogP contribution in [0.4, 0.5) is 0 Å². The number of aryl methyl sites for hydroxylation is 1. The van der Waals surface area contributed by atoms with Gasteiger partial charge in [-0.15, -0.1) is 11.3 Å². The van der Waals surface area contributed by atoms with E-state index in [2.05, 4.69) is 4.72 Å². The molecule has 0 aliphatic rings. The Balaban J connectivity index is 2.35. The van der Waals surface area contributed by atoms with Crippen molar-refractivity contribution in [2.24, 2.45) is 0 Å². The number of benzene rings is 1. The molecule has 6 heteroatoms. The molecule has 2 rings (SSSR count). The highest BCUT2D eigenvalue weighted by molar-refractivity contribution is 7.90. The molecule has 4 nitrogen and oxygen atoms in total. The van der Waals surface area contributed by atoms with Crippen LogP contribution in [0.2, 0.25) is 0 Å². The molecular weight excluding hydrogens is 282 g/mol.